The first-order valence-corrected chi connectivity index (χ1v) is 9.52. The largest absolute Gasteiger partial charge is 0.459 e. The van der Waals surface area contributed by atoms with Crippen LogP contribution in [0.5, 0.6) is 0 Å². The highest BCUT2D eigenvalue weighted by molar-refractivity contribution is 6.36. The average molecular weight is 414 g/mol. The summed E-state index contributed by atoms with van der Waals surface area (Å²) < 4.78 is 7.20. The Morgan fingerprint density at radius 3 is 2.57 bits per heavy atom. The molecule has 2 heterocycles. The number of nitrogens with one attached hydrogen (secondary N) is 1. The number of hydrogen-bond donors (Lipinski definition) is 1. The Hall–Kier alpha value is -2.76. The first-order chi connectivity index (χ1) is 13.5. The molecular weight excluding hydrogens is 397 g/mol. The lowest BCUT2D eigenvalue weighted by molar-refractivity contribution is 0.0909. The van der Waals surface area contributed by atoms with Crippen molar-refractivity contribution >= 4 is 40.1 Å². The number of carbonyl (C=O) groups is 1. The van der Waals surface area contributed by atoms with Gasteiger partial charge in [-0.05, 0) is 43.3 Å². The molecule has 1 unspecified atom stereocenters. The number of rotatable bonds is 5. The van der Waals surface area contributed by atoms with Crippen LogP contribution in [0.1, 0.15) is 34.9 Å². The van der Waals surface area contributed by atoms with Gasteiger partial charge in [0.2, 0.25) is 0 Å². The number of nitrogens with zero attached hydrogens (tertiary/aromatic N) is 2. The van der Waals surface area contributed by atoms with Gasteiger partial charge >= 0.3 is 0 Å². The van der Waals surface area contributed by atoms with Crippen molar-refractivity contribution in [3.63, 3.8) is 0 Å². The van der Waals surface area contributed by atoms with Gasteiger partial charge in [-0.1, -0.05) is 41.4 Å². The van der Waals surface area contributed by atoms with E-state index in [4.69, 9.17) is 32.6 Å². The van der Waals surface area contributed by atoms with E-state index in [1.165, 1.54) is 6.26 Å². The average Bonchev–Trinajstić information content (AvgIpc) is 3.33. The third kappa shape index (κ3) is 3.51. The number of fused-ring (bicyclic) bond motifs is 1. The zero-order valence-electron chi connectivity index (χ0n) is 15.0. The number of para-hydroxylation sites is 2. The molecule has 0 aliphatic rings. The minimum atomic E-state index is -0.355. The van der Waals surface area contributed by atoms with Gasteiger partial charge in [-0.2, -0.15) is 0 Å². The van der Waals surface area contributed by atoms with Crippen LogP contribution in [0, 0.1) is 0 Å². The van der Waals surface area contributed by atoms with Crippen LogP contribution in [0.3, 0.4) is 0 Å². The quantitative estimate of drug-likeness (QED) is 0.471. The molecule has 2 aromatic carbocycles. The van der Waals surface area contributed by atoms with E-state index in [9.17, 15) is 4.79 Å². The number of furan rings is 1. The third-order valence-electron chi connectivity index (χ3n) is 4.54. The molecule has 5 nitrogen and oxygen atoms in total. The van der Waals surface area contributed by atoms with Crippen LogP contribution in [-0.4, -0.2) is 15.5 Å². The summed E-state index contributed by atoms with van der Waals surface area (Å²) in [5.41, 5.74) is 2.58. The zero-order chi connectivity index (χ0) is 19.7. The standard InChI is InChI=1S/C21H17Cl2N3O2/c1-13(24-21(27)19-10-5-11-28-19)20-25-17-8-2-3-9-18(17)26(20)12-14-15(22)6-4-7-16(14)23/h2-11,13H,12H2,1H3,(H,24,27). The molecular formula is C21H17Cl2N3O2. The van der Waals surface area contributed by atoms with Crippen LogP contribution in [0.15, 0.2) is 65.3 Å². The molecule has 0 bridgehead atoms. The number of imidazole rings is 1. The SMILES string of the molecule is CC(NC(=O)c1ccco1)c1nc2ccccc2n1Cc1c(Cl)cccc1Cl. The van der Waals surface area contributed by atoms with Gasteiger partial charge < -0.3 is 14.3 Å². The Morgan fingerprint density at radius 1 is 1.11 bits per heavy atom. The predicted octanol–water partition coefficient (Wildman–Crippen LogP) is 5.48. The monoisotopic (exact) mass is 413 g/mol. The summed E-state index contributed by atoms with van der Waals surface area (Å²) >= 11 is 12.8. The molecule has 0 aliphatic carbocycles. The highest BCUT2D eigenvalue weighted by atomic mass is 35.5. The molecule has 1 atom stereocenters. The van der Waals surface area contributed by atoms with E-state index in [1.807, 2.05) is 54.0 Å². The molecule has 0 spiro atoms. The van der Waals surface area contributed by atoms with Crippen molar-refractivity contribution in [2.24, 2.45) is 0 Å². The van der Waals surface area contributed by atoms with Crippen LogP contribution in [-0.2, 0) is 6.54 Å². The van der Waals surface area contributed by atoms with Crippen molar-refractivity contribution in [2.75, 3.05) is 0 Å². The Balaban J connectivity index is 1.74. The van der Waals surface area contributed by atoms with Gasteiger partial charge in [0, 0.05) is 15.6 Å². The topological polar surface area (TPSA) is 60.1 Å². The maximum atomic E-state index is 12.4. The number of aromatic nitrogens is 2. The van der Waals surface area contributed by atoms with Gasteiger partial charge in [-0.15, -0.1) is 0 Å². The van der Waals surface area contributed by atoms with Gasteiger partial charge in [0.05, 0.1) is 29.9 Å². The molecule has 0 fully saturated rings. The van der Waals surface area contributed by atoms with E-state index in [0.717, 1.165) is 16.6 Å². The minimum Gasteiger partial charge on any atom is -0.459 e. The van der Waals surface area contributed by atoms with Gasteiger partial charge in [0.25, 0.3) is 5.91 Å². The summed E-state index contributed by atoms with van der Waals surface area (Å²) in [6, 6.07) is 16.2. The molecule has 0 saturated carbocycles. The Morgan fingerprint density at radius 2 is 1.86 bits per heavy atom. The molecule has 4 aromatic rings. The molecule has 0 saturated heterocycles. The third-order valence-corrected chi connectivity index (χ3v) is 5.25. The van der Waals surface area contributed by atoms with Crippen molar-refractivity contribution in [1.82, 2.24) is 14.9 Å². The summed E-state index contributed by atoms with van der Waals surface area (Å²) in [6.45, 7) is 2.32. The summed E-state index contributed by atoms with van der Waals surface area (Å²) in [4.78, 5) is 17.1. The lowest BCUT2D eigenvalue weighted by Crippen LogP contribution is -2.28. The lowest BCUT2D eigenvalue weighted by Gasteiger charge is -2.17. The van der Waals surface area contributed by atoms with E-state index in [2.05, 4.69) is 5.32 Å². The lowest BCUT2D eigenvalue weighted by atomic mass is 10.2. The molecule has 142 valence electrons. The Kier molecular flexibility index (Phi) is 5.11. The summed E-state index contributed by atoms with van der Waals surface area (Å²) in [5, 5.41) is 4.11. The predicted molar refractivity (Wildman–Crippen MR) is 110 cm³/mol. The van der Waals surface area contributed by atoms with Crippen molar-refractivity contribution in [1.29, 1.82) is 0 Å². The van der Waals surface area contributed by atoms with Gasteiger partial charge in [0.1, 0.15) is 5.82 Å². The number of carbonyl (C=O) groups excluding carboxylic acids is 1. The molecule has 2 aromatic heterocycles. The number of halogens is 2. The molecule has 0 radical (unpaired) electrons. The fraction of sp³-hybridized carbons (Fsp3) is 0.143. The number of amides is 1. The summed E-state index contributed by atoms with van der Waals surface area (Å²) in [6.07, 6.45) is 1.47. The molecule has 1 N–H and O–H groups in total. The molecule has 7 heteroatoms. The van der Waals surface area contributed by atoms with Crippen LogP contribution in [0.2, 0.25) is 10.0 Å². The molecule has 28 heavy (non-hydrogen) atoms. The fourth-order valence-electron chi connectivity index (χ4n) is 3.17. The van der Waals surface area contributed by atoms with E-state index >= 15 is 0 Å². The van der Waals surface area contributed by atoms with E-state index in [-0.39, 0.29) is 17.7 Å². The van der Waals surface area contributed by atoms with Crippen LogP contribution in [0.25, 0.3) is 11.0 Å². The highest BCUT2D eigenvalue weighted by Gasteiger charge is 2.21. The molecule has 4 rings (SSSR count). The van der Waals surface area contributed by atoms with Gasteiger partial charge in [-0.25, -0.2) is 4.98 Å². The number of hydrogen-bond acceptors (Lipinski definition) is 3. The van der Waals surface area contributed by atoms with Crippen LogP contribution < -0.4 is 5.32 Å². The van der Waals surface area contributed by atoms with E-state index in [0.29, 0.717) is 22.4 Å². The van der Waals surface area contributed by atoms with Crippen LogP contribution in [0.4, 0.5) is 0 Å². The fourth-order valence-corrected chi connectivity index (χ4v) is 3.69. The van der Waals surface area contributed by atoms with Gasteiger partial charge in [0.15, 0.2) is 5.76 Å². The highest BCUT2D eigenvalue weighted by Crippen LogP contribution is 2.29. The normalized spacial score (nSPS) is 12.2. The molecule has 0 aliphatic heterocycles. The van der Waals surface area contributed by atoms with Crippen molar-refractivity contribution in [3.05, 3.63) is 88.1 Å². The van der Waals surface area contributed by atoms with Crippen LogP contribution >= 0.6 is 23.2 Å². The van der Waals surface area contributed by atoms with Crippen molar-refractivity contribution in [3.8, 4) is 0 Å². The first kappa shape index (κ1) is 18.6. The maximum absolute atomic E-state index is 12.4. The Labute approximate surface area is 171 Å². The zero-order valence-corrected chi connectivity index (χ0v) is 16.5. The minimum absolute atomic E-state index is 0.253. The Bertz CT molecular complexity index is 1120. The molecule has 1 amide bonds. The number of benzene rings is 2. The van der Waals surface area contributed by atoms with E-state index < -0.39 is 0 Å². The van der Waals surface area contributed by atoms with Crippen molar-refractivity contribution < 1.29 is 9.21 Å². The van der Waals surface area contributed by atoms with E-state index in [1.54, 1.807) is 12.1 Å². The second-order valence-electron chi connectivity index (χ2n) is 6.42. The van der Waals surface area contributed by atoms with Crippen molar-refractivity contribution in [2.45, 2.75) is 19.5 Å². The summed E-state index contributed by atoms with van der Waals surface area (Å²) in [7, 11) is 0. The summed E-state index contributed by atoms with van der Waals surface area (Å²) in [5.74, 6) is 0.660. The first-order valence-electron chi connectivity index (χ1n) is 8.77. The second-order valence-corrected chi connectivity index (χ2v) is 7.23. The smallest absolute Gasteiger partial charge is 0.287 e. The second kappa shape index (κ2) is 7.70. The van der Waals surface area contributed by atoms with Gasteiger partial charge in [-0.3, -0.25) is 4.79 Å². The maximum Gasteiger partial charge on any atom is 0.287 e.